The topological polar surface area (TPSA) is 12.0 Å². The van der Waals surface area contributed by atoms with Crippen molar-refractivity contribution in [3.63, 3.8) is 0 Å². The van der Waals surface area contributed by atoms with Gasteiger partial charge < -0.3 is 5.32 Å². The molecule has 1 unspecified atom stereocenters. The fourth-order valence-electron chi connectivity index (χ4n) is 2.66. The first-order chi connectivity index (χ1) is 10.0. The first kappa shape index (κ1) is 15.0. The van der Waals surface area contributed by atoms with Gasteiger partial charge in [-0.05, 0) is 66.2 Å². The molecule has 3 rings (SSSR count). The van der Waals surface area contributed by atoms with Gasteiger partial charge in [-0.2, -0.15) is 0 Å². The van der Waals surface area contributed by atoms with Crippen LogP contribution in [0.4, 0.5) is 14.5 Å². The zero-order valence-corrected chi connectivity index (χ0v) is 14.1. The minimum atomic E-state index is -0.462. The van der Waals surface area contributed by atoms with Crippen molar-refractivity contribution in [2.75, 3.05) is 5.32 Å². The molecule has 0 bridgehead atoms. The second kappa shape index (κ2) is 6.05. The predicted molar refractivity (Wildman–Crippen MR) is 87.1 cm³/mol. The van der Waals surface area contributed by atoms with Gasteiger partial charge in [-0.1, -0.05) is 0 Å². The maximum atomic E-state index is 13.9. The van der Waals surface area contributed by atoms with Crippen LogP contribution in [0.15, 0.2) is 22.7 Å². The molecule has 1 atom stereocenters. The summed E-state index contributed by atoms with van der Waals surface area (Å²) in [7, 11) is 0. The number of aryl methyl sites for hydroxylation is 2. The number of rotatable bonds is 3. The molecule has 0 radical (unpaired) electrons. The van der Waals surface area contributed by atoms with Gasteiger partial charge in [0, 0.05) is 15.8 Å². The van der Waals surface area contributed by atoms with Crippen LogP contribution in [0.2, 0.25) is 0 Å². The maximum Gasteiger partial charge on any atom is 0.147 e. The van der Waals surface area contributed by atoms with Crippen molar-refractivity contribution >= 4 is 33.0 Å². The number of hydrogen-bond donors (Lipinski definition) is 1. The van der Waals surface area contributed by atoms with E-state index in [9.17, 15) is 8.78 Å². The highest BCUT2D eigenvalue weighted by atomic mass is 79.9. The van der Waals surface area contributed by atoms with Gasteiger partial charge in [0.05, 0.1) is 16.2 Å². The monoisotopic (exact) mass is 371 g/mol. The molecule has 0 amide bonds. The van der Waals surface area contributed by atoms with Crippen LogP contribution in [-0.2, 0) is 12.8 Å². The molecule has 0 aliphatic heterocycles. The molecule has 1 N–H and O–H groups in total. The van der Waals surface area contributed by atoms with E-state index in [1.807, 2.05) is 6.92 Å². The second-order valence-electron chi connectivity index (χ2n) is 5.42. The van der Waals surface area contributed by atoms with Gasteiger partial charge in [-0.15, -0.1) is 11.3 Å². The third-order valence-electron chi connectivity index (χ3n) is 3.82. The summed E-state index contributed by atoms with van der Waals surface area (Å²) in [6.45, 7) is 1.98. The Bertz CT molecular complexity index is 645. The summed E-state index contributed by atoms with van der Waals surface area (Å²) in [4.78, 5) is 2.64. The van der Waals surface area contributed by atoms with E-state index in [0.29, 0.717) is 0 Å². The van der Waals surface area contributed by atoms with Gasteiger partial charge in [0.25, 0.3) is 0 Å². The average molecular weight is 372 g/mol. The van der Waals surface area contributed by atoms with E-state index < -0.39 is 11.6 Å². The summed E-state index contributed by atoms with van der Waals surface area (Å²) in [5.41, 5.74) is 1.63. The van der Waals surface area contributed by atoms with Gasteiger partial charge >= 0.3 is 0 Å². The molecule has 1 aliphatic carbocycles. The number of hydrogen-bond acceptors (Lipinski definition) is 2. The average Bonchev–Trinajstić information content (AvgIpc) is 2.88. The molecule has 0 saturated heterocycles. The lowest BCUT2D eigenvalue weighted by Crippen LogP contribution is -2.07. The third kappa shape index (κ3) is 3.14. The van der Waals surface area contributed by atoms with Crippen molar-refractivity contribution in [3.8, 4) is 0 Å². The molecule has 1 heterocycles. The van der Waals surface area contributed by atoms with Crippen LogP contribution in [-0.4, -0.2) is 0 Å². The lowest BCUT2D eigenvalue weighted by molar-refractivity contribution is 0.595. The number of fused-ring (bicyclic) bond motifs is 1. The van der Waals surface area contributed by atoms with Crippen LogP contribution in [0.5, 0.6) is 0 Å². The molecule has 5 heteroatoms. The van der Waals surface area contributed by atoms with E-state index in [2.05, 4.69) is 27.3 Å². The van der Waals surface area contributed by atoms with E-state index in [-0.39, 0.29) is 16.2 Å². The molecule has 1 nitrogen and oxygen atoms in total. The summed E-state index contributed by atoms with van der Waals surface area (Å²) >= 11 is 4.78. The number of halogens is 3. The summed E-state index contributed by atoms with van der Waals surface area (Å²) in [5.74, 6) is -0.909. The van der Waals surface area contributed by atoms with E-state index in [1.54, 1.807) is 11.3 Å². The van der Waals surface area contributed by atoms with Crippen LogP contribution >= 0.6 is 27.3 Å². The van der Waals surface area contributed by atoms with Crippen molar-refractivity contribution < 1.29 is 8.78 Å². The van der Waals surface area contributed by atoms with Gasteiger partial charge in [0.1, 0.15) is 11.6 Å². The van der Waals surface area contributed by atoms with Crippen LogP contribution in [0.3, 0.4) is 0 Å². The number of thiophene rings is 1. The molecular weight excluding hydrogens is 356 g/mol. The van der Waals surface area contributed by atoms with Gasteiger partial charge in [0.15, 0.2) is 0 Å². The molecule has 1 aliphatic rings. The van der Waals surface area contributed by atoms with E-state index >= 15 is 0 Å². The van der Waals surface area contributed by atoms with Gasteiger partial charge in [-0.3, -0.25) is 0 Å². The maximum absolute atomic E-state index is 13.9. The molecule has 21 heavy (non-hydrogen) atoms. The molecule has 2 aromatic rings. The van der Waals surface area contributed by atoms with Crippen molar-refractivity contribution in [2.45, 2.75) is 38.6 Å². The normalized spacial score (nSPS) is 15.6. The minimum absolute atomic E-state index is 0.0318. The molecular formula is C16H16BrF2NS. The Morgan fingerprint density at radius 3 is 2.67 bits per heavy atom. The highest BCUT2D eigenvalue weighted by molar-refractivity contribution is 9.10. The number of nitrogens with one attached hydrogen (secondary N) is 1. The first-order valence-electron chi connectivity index (χ1n) is 7.07. The Balaban J connectivity index is 1.81. The lowest BCUT2D eigenvalue weighted by Gasteiger charge is -2.15. The Labute approximate surface area is 135 Å². The minimum Gasteiger partial charge on any atom is -0.375 e. The number of benzene rings is 1. The molecule has 1 aromatic heterocycles. The molecule has 0 spiro atoms. The fraction of sp³-hybridized carbons (Fsp3) is 0.375. The summed E-state index contributed by atoms with van der Waals surface area (Å²) in [6, 6.07) is 4.53. The first-order valence-corrected chi connectivity index (χ1v) is 8.68. The van der Waals surface area contributed by atoms with Crippen LogP contribution in [0.25, 0.3) is 0 Å². The SMILES string of the molecule is CC(Nc1cc(F)c(Br)cc1F)c1cc2c(s1)CCCC2. The van der Waals surface area contributed by atoms with Crippen molar-refractivity contribution in [1.82, 2.24) is 0 Å². The number of anilines is 1. The fourth-order valence-corrected chi connectivity index (χ4v) is 4.24. The third-order valence-corrected chi connectivity index (χ3v) is 5.85. The van der Waals surface area contributed by atoms with Crippen molar-refractivity contribution in [1.29, 1.82) is 0 Å². The molecule has 1 aromatic carbocycles. The van der Waals surface area contributed by atoms with E-state index in [4.69, 9.17) is 0 Å². The highest BCUT2D eigenvalue weighted by Gasteiger charge is 2.18. The Kier molecular flexibility index (Phi) is 4.31. The van der Waals surface area contributed by atoms with Crippen molar-refractivity contribution in [2.24, 2.45) is 0 Å². The Hall–Kier alpha value is -0.940. The second-order valence-corrected chi connectivity index (χ2v) is 7.44. The summed E-state index contributed by atoms with van der Waals surface area (Å²) in [5, 5.41) is 3.08. The molecule has 0 fully saturated rings. The van der Waals surface area contributed by atoms with Crippen LogP contribution in [0.1, 0.15) is 41.1 Å². The Morgan fingerprint density at radius 2 is 1.90 bits per heavy atom. The quantitative estimate of drug-likeness (QED) is 0.668. The molecule has 112 valence electrons. The standard InChI is InChI=1S/C16H16BrF2NS/c1-9(16-6-10-4-2-3-5-15(10)21-16)20-14-8-12(18)11(17)7-13(14)19/h6-9,20H,2-5H2,1H3. The summed E-state index contributed by atoms with van der Waals surface area (Å²) in [6.07, 6.45) is 4.78. The Morgan fingerprint density at radius 1 is 1.14 bits per heavy atom. The van der Waals surface area contributed by atoms with E-state index in [1.165, 1.54) is 34.2 Å². The summed E-state index contributed by atoms with van der Waals surface area (Å²) < 4.78 is 27.6. The van der Waals surface area contributed by atoms with E-state index in [0.717, 1.165) is 18.9 Å². The van der Waals surface area contributed by atoms with Crippen molar-refractivity contribution in [3.05, 3.63) is 49.6 Å². The zero-order chi connectivity index (χ0) is 15.0. The van der Waals surface area contributed by atoms with Crippen LogP contribution in [0, 0.1) is 11.6 Å². The smallest absolute Gasteiger partial charge is 0.147 e. The molecule has 0 saturated carbocycles. The van der Waals surface area contributed by atoms with Crippen LogP contribution < -0.4 is 5.32 Å². The zero-order valence-electron chi connectivity index (χ0n) is 11.7. The highest BCUT2D eigenvalue weighted by Crippen LogP contribution is 2.34. The van der Waals surface area contributed by atoms with Gasteiger partial charge in [0.2, 0.25) is 0 Å². The van der Waals surface area contributed by atoms with Gasteiger partial charge in [-0.25, -0.2) is 8.78 Å². The lowest BCUT2D eigenvalue weighted by atomic mass is 9.99. The largest absolute Gasteiger partial charge is 0.375 e. The predicted octanol–water partition coefficient (Wildman–Crippen LogP) is 5.84.